The largest absolute Gasteiger partial charge is 0.465 e. The van der Waals surface area contributed by atoms with Crippen molar-refractivity contribution in [3.05, 3.63) is 29.6 Å². The van der Waals surface area contributed by atoms with Crippen molar-refractivity contribution >= 4 is 17.6 Å². The fourth-order valence-electron chi connectivity index (χ4n) is 1.95. The van der Waals surface area contributed by atoms with Crippen molar-refractivity contribution in [1.82, 2.24) is 0 Å². The molecule has 1 aliphatic heterocycles. The average molecular weight is 282 g/mol. The second kappa shape index (κ2) is 5.98. The van der Waals surface area contributed by atoms with Crippen molar-refractivity contribution in [2.45, 2.75) is 6.04 Å². The lowest BCUT2D eigenvalue weighted by molar-refractivity contribution is -0.120. The van der Waals surface area contributed by atoms with E-state index >= 15 is 0 Å². The van der Waals surface area contributed by atoms with Crippen LogP contribution in [0.2, 0.25) is 0 Å². The van der Waals surface area contributed by atoms with Crippen LogP contribution in [0, 0.1) is 11.7 Å². The van der Waals surface area contributed by atoms with Gasteiger partial charge in [-0.25, -0.2) is 9.18 Å². The highest BCUT2D eigenvalue weighted by molar-refractivity contribution is 5.96. The van der Waals surface area contributed by atoms with Gasteiger partial charge in [0, 0.05) is 11.7 Å². The lowest BCUT2D eigenvalue weighted by Crippen LogP contribution is -2.37. The zero-order valence-corrected chi connectivity index (χ0v) is 10.9. The third-order valence-electron chi connectivity index (χ3n) is 3.10. The molecule has 1 amide bonds. The van der Waals surface area contributed by atoms with Crippen molar-refractivity contribution in [3.8, 4) is 0 Å². The predicted molar refractivity (Wildman–Crippen MR) is 68.7 cm³/mol. The molecule has 1 heterocycles. The first-order valence-electron chi connectivity index (χ1n) is 6.05. The Hall–Kier alpha value is -1.99. The summed E-state index contributed by atoms with van der Waals surface area (Å²) in [5.74, 6) is -2.30. The van der Waals surface area contributed by atoms with E-state index in [1.54, 1.807) is 0 Å². The zero-order chi connectivity index (χ0) is 14.7. The van der Waals surface area contributed by atoms with Crippen LogP contribution in [0.1, 0.15) is 10.4 Å². The highest BCUT2D eigenvalue weighted by atomic mass is 19.1. The molecule has 2 rings (SSSR count). The van der Waals surface area contributed by atoms with E-state index in [-0.39, 0.29) is 24.1 Å². The van der Waals surface area contributed by atoms with Gasteiger partial charge in [0.25, 0.3) is 0 Å². The monoisotopic (exact) mass is 282 g/mol. The molecule has 1 aromatic rings. The number of amides is 1. The van der Waals surface area contributed by atoms with E-state index in [0.29, 0.717) is 12.3 Å². The summed E-state index contributed by atoms with van der Waals surface area (Å²) in [5, 5.41) is 2.59. The van der Waals surface area contributed by atoms with Crippen molar-refractivity contribution in [1.29, 1.82) is 0 Å². The number of carbonyl (C=O) groups is 2. The second-order valence-corrected chi connectivity index (χ2v) is 4.48. The third kappa shape index (κ3) is 2.94. The maximum Gasteiger partial charge on any atom is 0.340 e. The molecule has 2 atom stereocenters. The molecule has 1 aliphatic rings. The molecule has 0 radical (unpaired) electrons. The molecule has 0 aliphatic carbocycles. The summed E-state index contributed by atoms with van der Waals surface area (Å²) in [7, 11) is 1.15. The van der Waals surface area contributed by atoms with Gasteiger partial charge in [0.2, 0.25) is 5.91 Å². The second-order valence-electron chi connectivity index (χ2n) is 4.48. The molecule has 0 spiro atoms. The number of hydrogen-bond donors (Lipinski definition) is 2. The Kier molecular flexibility index (Phi) is 4.31. The van der Waals surface area contributed by atoms with E-state index in [9.17, 15) is 14.0 Å². The smallest absolute Gasteiger partial charge is 0.340 e. The number of esters is 1. The minimum atomic E-state index is -0.806. The zero-order valence-electron chi connectivity index (χ0n) is 10.9. The Morgan fingerprint density at radius 1 is 1.45 bits per heavy atom. The molecule has 1 aromatic carbocycles. The Bertz CT molecular complexity index is 535. The highest BCUT2D eigenvalue weighted by Crippen LogP contribution is 2.18. The number of nitrogens with one attached hydrogen (secondary N) is 1. The molecule has 6 nitrogen and oxygen atoms in total. The van der Waals surface area contributed by atoms with Crippen LogP contribution in [-0.4, -0.2) is 38.2 Å². The van der Waals surface area contributed by atoms with E-state index in [2.05, 4.69) is 10.1 Å². The molecular formula is C13H15FN2O4. The number of nitrogens with two attached hydrogens (primary N) is 1. The quantitative estimate of drug-likeness (QED) is 0.789. The normalized spacial score (nSPS) is 21.6. The molecule has 0 saturated carbocycles. The maximum atomic E-state index is 13.5. The number of anilines is 1. The molecule has 1 saturated heterocycles. The fraction of sp³-hybridized carbons (Fsp3) is 0.385. The summed E-state index contributed by atoms with van der Waals surface area (Å²) in [6.07, 6.45) is 0. The van der Waals surface area contributed by atoms with Gasteiger partial charge in [0.1, 0.15) is 5.82 Å². The van der Waals surface area contributed by atoms with Gasteiger partial charge < -0.3 is 20.5 Å². The number of methoxy groups -OCH3 is 1. The number of halogens is 1. The lowest BCUT2D eigenvalue weighted by Gasteiger charge is -2.14. The molecule has 3 N–H and O–H groups in total. The summed E-state index contributed by atoms with van der Waals surface area (Å²) < 4.78 is 23.0. The summed E-state index contributed by atoms with van der Waals surface area (Å²) in [6, 6.07) is 3.31. The van der Waals surface area contributed by atoms with Crippen LogP contribution in [0.25, 0.3) is 0 Å². The first kappa shape index (κ1) is 14.4. The summed E-state index contributed by atoms with van der Waals surface area (Å²) in [6.45, 7) is 0.576. The van der Waals surface area contributed by atoms with Crippen molar-refractivity contribution in [2.75, 3.05) is 25.6 Å². The SMILES string of the molecule is COC(=O)c1cc(NC(=O)C2COCC2N)ccc1F. The number of benzene rings is 1. The van der Waals surface area contributed by atoms with Gasteiger partial charge in [-0.05, 0) is 18.2 Å². The van der Waals surface area contributed by atoms with Crippen molar-refractivity contribution in [3.63, 3.8) is 0 Å². The summed E-state index contributed by atoms with van der Waals surface area (Å²) in [5.41, 5.74) is 5.80. The molecule has 0 bridgehead atoms. The number of ether oxygens (including phenoxy) is 2. The van der Waals surface area contributed by atoms with Crippen LogP contribution >= 0.6 is 0 Å². The standard InChI is InChI=1S/C13H15FN2O4/c1-19-13(18)8-4-7(2-3-10(8)14)16-12(17)9-5-20-6-11(9)15/h2-4,9,11H,5-6,15H2,1H3,(H,16,17). The minimum Gasteiger partial charge on any atom is -0.465 e. The van der Waals surface area contributed by atoms with Crippen LogP contribution in [0.15, 0.2) is 18.2 Å². The first-order valence-corrected chi connectivity index (χ1v) is 6.05. The van der Waals surface area contributed by atoms with Gasteiger partial charge in [-0.1, -0.05) is 0 Å². The Morgan fingerprint density at radius 2 is 2.20 bits per heavy atom. The van der Waals surface area contributed by atoms with E-state index in [1.807, 2.05) is 0 Å². The molecular weight excluding hydrogens is 267 g/mol. The lowest BCUT2D eigenvalue weighted by atomic mass is 10.0. The molecule has 108 valence electrons. The summed E-state index contributed by atoms with van der Waals surface area (Å²) in [4.78, 5) is 23.3. The van der Waals surface area contributed by atoms with Gasteiger partial charge in [0.05, 0.1) is 31.8 Å². The Morgan fingerprint density at radius 3 is 2.80 bits per heavy atom. The summed E-state index contributed by atoms with van der Waals surface area (Å²) >= 11 is 0. The number of carbonyl (C=O) groups excluding carboxylic acids is 2. The van der Waals surface area contributed by atoms with Gasteiger partial charge in [-0.3, -0.25) is 4.79 Å². The molecule has 20 heavy (non-hydrogen) atoms. The Labute approximate surface area is 115 Å². The Balaban J connectivity index is 2.13. The van der Waals surface area contributed by atoms with Crippen LogP contribution in [0.5, 0.6) is 0 Å². The van der Waals surface area contributed by atoms with Crippen molar-refractivity contribution in [2.24, 2.45) is 11.7 Å². The molecule has 7 heteroatoms. The molecule has 0 aromatic heterocycles. The van der Waals surface area contributed by atoms with Gasteiger partial charge in [0.15, 0.2) is 0 Å². The van der Waals surface area contributed by atoms with Crippen LogP contribution in [0.3, 0.4) is 0 Å². The van der Waals surface area contributed by atoms with Gasteiger partial charge in [-0.15, -0.1) is 0 Å². The topological polar surface area (TPSA) is 90.6 Å². The van der Waals surface area contributed by atoms with Crippen molar-refractivity contribution < 1.29 is 23.5 Å². The minimum absolute atomic E-state index is 0.239. The van der Waals surface area contributed by atoms with E-state index < -0.39 is 17.7 Å². The highest BCUT2D eigenvalue weighted by Gasteiger charge is 2.31. The van der Waals surface area contributed by atoms with Crippen LogP contribution in [0.4, 0.5) is 10.1 Å². The maximum absolute atomic E-state index is 13.5. The van der Waals surface area contributed by atoms with E-state index in [1.165, 1.54) is 12.1 Å². The first-order chi connectivity index (χ1) is 9.52. The van der Waals surface area contributed by atoms with E-state index in [0.717, 1.165) is 13.2 Å². The number of rotatable bonds is 3. The third-order valence-corrected chi connectivity index (χ3v) is 3.10. The van der Waals surface area contributed by atoms with Gasteiger partial charge in [-0.2, -0.15) is 0 Å². The van der Waals surface area contributed by atoms with Gasteiger partial charge >= 0.3 is 5.97 Å². The van der Waals surface area contributed by atoms with Crippen LogP contribution in [-0.2, 0) is 14.3 Å². The predicted octanol–water partition coefficient (Wildman–Crippen LogP) is 0.525. The average Bonchev–Trinajstić information content (AvgIpc) is 2.86. The molecule has 1 fully saturated rings. The molecule has 2 unspecified atom stereocenters. The number of hydrogen-bond acceptors (Lipinski definition) is 5. The van der Waals surface area contributed by atoms with E-state index in [4.69, 9.17) is 10.5 Å². The van der Waals surface area contributed by atoms with Crippen LogP contribution < -0.4 is 11.1 Å². The fourth-order valence-corrected chi connectivity index (χ4v) is 1.95.